The minimum Gasteiger partial charge on any atom is -0.428 e. The van der Waals surface area contributed by atoms with Crippen molar-refractivity contribution >= 4 is 28.7 Å². The number of benzene rings is 1. The molecule has 0 aliphatic rings. The molecule has 0 fully saturated rings. The topological polar surface area (TPSA) is 66.2 Å². The molecular formula is C19H18IN3O3. The van der Waals surface area contributed by atoms with E-state index >= 15 is 0 Å². The van der Waals surface area contributed by atoms with Crippen LogP contribution in [-0.4, -0.2) is 26.5 Å². The second-order valence-corrected chi connectivity index (χ2v) is 7.68. The number of carbonyl (C=O) groups excluding carboxylic acids is 1. The van der Waals surface area contributed by atoms with Crippen LogP contribution in [0.4, 0.5) is 4.79 Å². The van der Waals surface area contributed by atoms with Gasteiger partial charge in [-0.25, -0.2) is 9.78 Å². The summed E-state index contributed by atoms with van der Waals surface area (Å²) in [5.41, 5.74) is 0.973. The summed E-state index contributed by atoms with van der Waals surface area (Å²) in [5.74, 6) is 0.788. The monoisotopic (exact) mass is 463 g/mol. The van der Waals surface area contributed by atoms with Gasteiger partial charge in [-0.3, -0.25) is 0 Å². The van der Waals surface area contributed by atoms with E-state index in [1.165, 1.54) is 4.68 Å². The molecule has 2 aromatic heterocycles. The normalized spacial score (nSPS) is 11.2. The molecule has 6 nitrogen and oxygen atoms in total. The number of aromatic nitrogens is 3. The zero-order valence-electron chi connectivity index (χ0n) is 14.6. The Bertz CT molecular complexity index is 917. The minimum atomic E-state index is -0.788. The maximum atomic E-state index is 12.1. The van der Waals surface area contributed by atoms with Crippen LogP contribution in [0.25, 0.3) is 17.1 Å². The van der Waals surface area contributed by atoms with Gasteiger partial charge in [0.1, 0.15) is 5.60 Å². The molecule has 3 aromatic rings. The molecule has 0 radical (unpaired) electrons. The van der Waals surface area contributed by atoms with Gasteiger partial charge in [0.05, 0.1) is 5.69 Å². The Labute approximate surface area is 165 Å². The van der Waals surface area contributed by atoms with E-state index in [0.717, 1.165) is 9.13 Å². The van der Waals surface area contributed by atoms with Crippen molar-refractivity contribution < 1.29 is 14.3 Å². The molecule has 2 heterocycles. The number of halogens is 1. The summed E-state index contributed by atoms with van der Waals surface area (Å²) in [6, 6.07) is 15.0. The van der Waals surface area contributed by atoms with E-state index in [0.29, 0.717) is 11.5 Å². The zero-order chi connectivity index (χ0) is 18.7. The highest BCUT2D eigenvalue weighted by Gasteiger charge is 2.22. The number of hydrogen-bond donors (Lipinski definition) is 0. The lowest BCUT2D eigenvalue weighted by atomic mass is 10.2. The van der Waals surface area contributed by atoms with Crippen LogP contribution in [0.1, 0.15) is 20.8 Å². The van der Waals surface area contributed by atoms with Crippen LogP contribution >= 0.6 is 22.6 Å². The van der Waals surface area contributed by atoms with Crippen LogP contribution in [0.2, 0.25) is 0 Å². The number of ether oxygens (including phenoxy) is 2. The Kier molecular flexibility index (Phi) is 5.26. The standard InChI is InChI=1S/C19H18IN3O3/c1-19(2,3)26-18(24)25-17-12-15(13-8-4-5-9-14(13)20)22-23(17)16-10-6-7-11-21-16/h4-12H,1-3H3. The summed E-state index contributed by atoms with van der Waals surface area (Å²) >= 11 is 2.25. The first-order chi connectivity index (χ1) is 12.3. The van der Waals surface area contributed by atoms with Gasteiger partial charge < -0.3 is 9.47 Å². The van der Waals surface area contributed by atoms with E-state index in [-0.39, 0.29) is 5.88 Å². The summed E-state index contributed by atoms with van der Waals surface area (Å²) in [5, 5.41) is 4.58. The molecule has 0 spiro atoms. The van der Waals surface area contributed by atoms with Gasteiger partial charge >= 0.3 is 6.16 Å². The van der Waals surface area contributed by atoms with Crippen molar-refractivity contribution in [3.8, 4) is 23.0 Å². The average Bonchev–Trinajstić information content (AvgIpc) is 2.97. The molecule has 134 valence electrons. The van der Waals surface area contributed by atoms with Gasteiger partial charge in [0.2, 0.25) is 5.88 Å². The van der Waals surface area contributed by atoms with E-state index in [2.05, 4.69) is 32.7 Å². The quantitative estimate of drug-likeness (QED) is 0.411. The average molecular weight is 463 g/mol. The SMILES string of the molecule is CC(C)(C)OC(=O)Oc1cc(-c2ccccc2I)nn1-c1ccccn1. The van der Waals surface area contributed by atoms with Crippen LogP contribution in [0.15, 0.2) is 54.7 Å². The first-order valence-corrected chi connectivity index (χ1v) is 9.08. The van der Waals surface area contributed by atoms with Crippen LogP contribution in [0.3, 0.4) is 0 Å². The molecular weight excluding hydrogens is 445 g/mol. The van der Waals surface area contributed by atoms with Gasteiger partial charge in [-0.1, -0.05) is 24.3 Å². The Hall–Kier alpha value is -2.42. The number of nitrogens with zero attached hydrogens (tertiary/aromatic N) is 3. The largest absolute Gasteiger partial charge is 0.515 e. The zero-order valence-corrected chi connectivity index (χ0v) is 16.8. The Morgan fingerprint density at radius 2 is 1.85 bits per heavy atom. The molecule has 1 aromatic carbocycles. The third kappa shape index (κ3) is 4.40. The second-order valence-electron chi connectivity index (χ2n) is 6.51. The van der Waals surface area contributed by atoms with Crippen molar-refractivity contribution in [3.63, 3.8) is 0 Å². The Balaban J connectivity index is 2.02. The van der Waals surface area contributed by atoms with E-state index in [9.17, 15) is 4.79 Å². The fourth-order valence-electron chi connectivity index (χ4n) is 2.24. The molecule has 26 heavy (non-hydrogen) atoms. The molecule has 0 atom stereocenters. The highest BCUT2D eigenvalue weighted by atomic mass is 127. The van der Waals surface area contributed by atoms with Gasteiger partial charge in [-0.15, -0.1) is 0 Å². The number of rotatable bonds is 3. The fraction of sp³-hybridized carbons (Fsp3) is 0.211. The second kappa shape index (κ2) is 7.45. The summed E-state index contributed by atoms with van der Waals surface area (Å²) in [7, 11) is 0. The molecule has 0 N–H and O–H groups in total. The first-order valence-electron chi connectivity index (χ1n) is 8.01. The van der Waals surface area contributed by atoms with Crippen molar-refractivity contribution in [2.24, 2.45) is 0 Å². The minimum absolute atomic E-state index is 0.243. The molecule has 0 bridgehead atoms. The Morgan fingerprint density at radius 1 is 1.12 bits per heavy atom. The lowest BCUT2D eigenvalue weighted by Crippen LogP contribution is -2.26. The third-order valence-corrected chi connectivity index (χ3v) is 4.21. The summed E-state index contributed by atoms with van der Waals surface area (Å²) in [6.07, 6.45) is 0.865. The third-order valence-electron chi connectivity index (χ3n) is 3.27. The molecule has 0 saturated heterocycles. The van der Waals surface area contributed by atoms with Crippen LogP contribution in [0, 0.1) is 3.57 Å². The highest BCUT2D eigenvalue weighted by molar-refractivity contribution is 14.1. The Morgan fingerprint density at radius 3 is 2.50 bits per heavy atom. The molecule has 0 unspecified atom stereocenters. The fourth-order valence-corrected chi connectivity index (χ4v) is 2.90. The lowest BCUT2D eigenvalue weighted by Gasteiger charge is -2.18. The van der Waals surface area contributed by atoms with E-state index < -0.39 is 11.8 Å². The van der Waals surface area contributed by atoms with Crippen LogP contribution < -0.4 is 4.74 Å². The van der Waals surface area contributed by atoms with Gasteiger partial charge in [0, 0.05) is 21.4 Å². The van der Waals surface area contributed by atoms with Crippen LogP contribution in [0.5, 0.6) is 5.88 Å². The smallest absolute Gasteiger partial charge is 0.428 e. The van der Waals surface area contributed by atoms with Crippen LogP contribution in [-0.2, 0) is 4.74 Å². The van der Waals surface area contributed by atoms with E-state index in [1.807, 2.05) is 36.4 Å². The van der Waals surface area contributed by atoms with Crippen molar-refractivity contribution in [3.05, 3.63) is 58.3 Å². The van der Waals surface area contributed by atoms with Crippen molar-refractivity contribution in [2.75, 3.05) is 0 Å². The van der Waals surface area contributed by atoms with E-state index in [1.54, 1.807) is 39.1 Å². The summed E-state index contributed by atoms with van der Waals surface area (Å²) < 4.78 is 13.2. The number of carbonyl (C=O) groups is 1. The molecule has 0 aliphatic heterocycles. The summed E-state index contributed by atoms with van der Waals surface area (Å²) in [6.45, 7) is 5.34. The van der Waals surface area contributed by atoms with Crippen molar-refractivity contribution in [1.82, 2.24) is 14.8 Å². The lowest BCUT2D eigenvalue weighted by molar-refractivity contribution is 0.0192. The van der Waals surface area contributed by atoms with Gasteiger partial charge in [-0.05, 0) is 61.6 Å². The van der Waals surface area contributed by atoms with Crippen molar-refractivity contribution in [1.29, 1.82) is 0 Å². The maximum Gasteiger partial charge on any atom is 0.515 e. The first kappa shape index (κ1) is 18.4. The molecule has 7 heteroatoms. The van der Waals surface area contributed by atoms with E-state index in [4.69, 9.17) is 9.47 Å². The van der Waals surface area contributed by atoms with Crippen molar-refractivity contribution in [2.45, 2.75) is 26.4 Å². The van der Waals surface area contributed by atoms with Gasteiger partial charge in [-0.2, -0.15) is 9.78 Å². The molecule has 0 aliphatic carbocycles. The molecule has 3 rings (SSSR count). The highest BCUT2D eigenvalue weighted by Crippen LogP contribution is 2.29. The van der Waals surface area contributed by atoms with Gasteiger partial charge in [0.15, 0.2) is 5.82 Å². The number of pyridine rings is 1. The summed E-state index contributed by atoms with van der Waals surface area (Å²) in [4.78, 5) is 16.4. The molecule has 0 amide bonds. The molecule has 0 saturated carbocycles. The number of hydrogen-bond acceptors (Lipinski definition) is 5. The van der Waals surface area contributed by atoms with Gasteiger partial charge in [0.25, 0.3) is 0 Å². The predicted molar refractivity (Wildman–Crippen MR) is 106 cm³/mol. The predicted octanol–water partition coefficient (Wildman–Crippen LogP) is 4.85. The maximum absolute atomic E-state index is 12.1.